The molecule has 6 nitrogen and oxygen atoms in total. The van der Waals surface area contributed by atoms with Gasteiger partial charge in [0.15, 0.2) is 10.8 Å². The van der Waals surface area contributed by atoms with Crippen molar-refractivity contribution in [1.82, 2.24) is 10.2 Å². The van der Waals surface area contributed by atoms with E-state index < -0.39 is 17.7 Å². The Morgan fingerprint density at radius 2 is 2.19 bits per heavy atom. The Morgan fingerprint density at radius 3 is 2.85 bits per heavy atom. The van der Waals surface area contributed by atoms with Crippen LogP contribution in [-0.4, -0.2) is 48.6 Å². The average Bonchev–Trinajstić information content (AvgIpc) is 2.56. The van der Waals surface area contributed by atoms with Crippen LogP contribution in [0.5, 0.6) is 5.75 Å². The lowest BCUT2D eigenvalue weighted by Gasteiger charge is -2.55. The maximum Gasteiger partial charge on any atom is 0.317 e. The Morgan fingerprint density at radius 1 is 1.46 bits per heavy atom. The first-order valence-electron chi connectivity index (χ1n) is 8.25. The van der Waals surface area contributed by atoms with Gasteiger partial charge in [-0.25, -0.2) is 0 Å². The summed E-state index contributed by atoms with van der Waals surface area (Å²) in [5.41, 5.74) is -0.380. The molecule has 0 aliphatic carbocycles. The third-order valence-corrected chi connectivity index (χ3v) is 5.55. The van der Waals surface area contributed by atoms with Crippen molar-refractivity contribution in [2.45, 2.75) is 25.6 Å². The van der Waals surface area contributed by atoms with Crippen molar-refractivity contribution >= 4 is 46.5 Å². The van der Waals surface area contributed by atoms with Gasteiger partial charge >= 0.3 is 5.97 Å². The number of rotatable bonds is 5. The largest absolute Gasteiger partial charge is 0.466 e. The first kappa shape index (κ1) is 19.5. The molecule has 9 heteroatoms. The van der Waals surface area contributed by atoms with E-state index in [1.165, 1.54) is 0 Å². The number of fused-ring (bicyclic) bond motifs is 4. The first-order chi connectivity index (χ1) is 12.3. The van der Waals surface area contributed by atoms with Crippen molar-refractivity contribution in [1.29, 1.82) is 0 Å². The summed E-state index contributed by atoms with van der Waals surface area (Å²) in [4.78, 5) is 14.6. The minimum Gasteiger partial charge on any atom is -0.466 e. The SMILES string of the molecule is CCOC(=O)[C@H]1[C@H]2NC(=S)N(CCOC)[C@@]1(C)Oc1c(Cl)cc(Cl)cc12. The smallest absolute Gasteiger partial charge is 0.317 e. The fourth-order valence-electron chi connectivity index (χ4n) is 3.57. The molecule has 1 aromatic carbocycles. The van der Waals surface area contributed by atoms with Crippen LogP contribution in [0, 0.1) is 5.92 Å². The van der Waals surface area contributed by atoms with Crippen LogP contribution in [0.1, 0.15) is 25.5 Å². The van der Waals surface area contributed by atoms with Gasteiger partial charge in [0.25, 0.3) is 0 Å². The minimum atomic E-state index is -1.07. The number of nitrogens with zero attached hydrogens (tertiary/aromatic N) is 1. The molecule has 2 aliphatic heterocycles. The van der Waals surface area contributed by atoms with Crippen LogP contribution in [-0.2, 0) is 14.3 Å². The molecule has 0 saturated carbocycles. The van der Waals surface area contributed by atoms with E-state index in [1.54, 1.807) is 31.1 Å². The molecule has 0 aromatic heterocycles. The van der Waals surface area contributed by atoms with Crippen molar-refractivity contribution in [3.05, 3.63) is 27.7 Å². The number of benzene rings is 1. The normalized spacial score (nSPS) is 26.7. The van der Waals surface area contributed by atoms with Gasteiger partial charge in [0, 0.05) is 24.2 Å². The third kappa shape index (κ3) is 3.11. The number of methoxy groups -OCH3 is 1. The molecule has 0 amide bonds. The van der Waals surface area contributed by atoms with Crippen molar-refractivity contribution in [3.8, 4) is 5.75 Å². The van der Waals surface area contributed by atoms with E-state index in [-0.39, 0.29) is 12.6 Å². The van der Waals surface area contributed by atoms with Gasteiger partial charge in [-0.15, -0.1) is 0 Å². The van der Waals surface area contributed by atoms with Gasteiger partial charge in [0.2, 0.25) is 0 Å². The summed E-state index contributed by atoms with van der Waals surface area (Å²) in [6.07, 6.45) is 0. The van der Waals surface area contributed by atoms with Crippen LogP contribution in [0.15, 0.2) is 12.1 Å². The van der Waals surface area contributed by atoms with E-state index >= 15 is 0 Å². The zero-order valence-electron chi connectivity index (χ0n) is 14.7. The van der Waals surface area contributed by atoms with E-state index in [0.717, 1.165) is 0 Å². The Bertz CT molecular complexity index is 748. The van der Waals surface area contributed by atoms with Gasteiger partial charge in [0.1, 0.15) is 11.7 Å². The fourth-order valence-corrected chi connectivity index (χ4v) is 4.51. The molecule has 0 unspecified atom stereocenters. The molecule has 1 N–H and O–H groups in total. The summed E-state index contributed by atoms with van der Waals surface area (Å²) in [7, 11) is 1.60. The Balaban J connectivity index is 2.14. The minimum absolute atomic E-state index is 0.268. The van der Waals surface area contributed by atoms with Gasteiger partial charge in [-0.05, 0) is 38.2 Å². The van der Waals surface area contributed by atoms with Crippen LogP contribution in [0.4, 0.5) is 0 Å². The van der Waals surface area contributed by atoms with Gasteiger partial charge in [-0.1, -0.05) is 23.2 Å². The summed E-state index contributed by atoms with van der Waals surface area (Å²) in [6, 6.07) is 2.90. The summed E-state index contributed by atoms with van der Waals surface area (Å²) in [5.74, 6) is -0.547. The molecule has 2 heterocycles. The predicted molar refractivity (Wildman–Crippen MR) is 103 cm³/mol. The molecule has 26 heavy (non-hydrogen) atoms. The Labute approximate surface area is 167 Å². The van der Waals surface area contributed by atoms with Crippen LogP contribution >= 0.6 is 35.4 Å². The zero-order valence-corrected chi connectivity index (χ0v) is 17.0. The van der Waals surface area contributed by atoms with Gasteiger partial charge in [0.05, 0.1) is 24.3 Å². The first-order valence-corrected chi connectivity index (χ1v) is 9.41. The van der Waals surface area contributed by atoms with Crippen LogP contribution in [0.2, 0.25) is 10.0 Å². The van der Waals surface area contributed by atoms with Gasteiger partial charge < -0.3 is 24.4 Å². The molecule has 1 saturated heterocycles. The van der Waals surface area contributed by atoms with E-state index in [0.29, 0.717) is 39.6 Å². The number of thiocarbonyl (C=S) groups is 1. The molecule has 3 atom stereocenters. The third-order valence-electron chi connectivity index (χ3n) is 4.71. The van der Waals surface area contributed by atoms with E-state index in [2.05, 4.69) is 5.32 Å². The van der Waals surface area contributed by atoms with E-state index in [4.69, 9.17) is 49.6 Å². The molecule has 142 valence electrons. The highest BCUT2D eigenvalue weighted by atomic mass is 35.5. The highest BCUT2D eigenvalue weighted by molar-refractivity contribution is 7.80. The van der Waals surface area contributed by atoms with Crippen molar-refractivity contribution in [2.24, 2.45) is 5.92 Å². The maximum atomic E-state index is 12.8. The number of halogens is 2. The number of ether oxygens (including phenoxy) is 3. The Hall–Kier alpha value is -1.28. The molecule has 1 aromatic rings. The molecule has 0 spiro atoms. The fraction of sp³-hybridized carbons (Fsp3) is 0.529. The number of nitrogens with one attached hydrogen (secondary N) is 1. The van der Waals surface area contributed by atoms with Crippen molar-refractivity contribution in [3.63, 3.8) is 0 Å². The average molecular weight is 419 g/mol. The van der Waals surface area contributed by atoms with Crippen molar-refractivity contribution in [2.75, 3.05) is 26.9 Å². The lowest BCUT2D eigenvalue weighted by molar-refractivity contribution is -0.176. The number of carbonyl (C=O) groups is 1. The topological polar surface area (TPSA) is 60.0 Å². The van der Waals surface area contributed by atoms with Gasteiger partial charge in [-0.2, -0.15) is 0 Å². The molecular formula is C17H20Cl2N2O4S. The molecular weight excluding hydrogens is 399 g/mol. The summed E-state index contributed by atoms with van der Waals surface area (Å²) >= 11 is 18.1. The van der Waals surface area contributed by atoms with E-state index in [1.807, 2.05) is 6.92 Å². The van der Waals surface area contributed by atoms with Crippen LogP contribution in [0.25, 0.3) is 0 Å². The summed E-state index contributed by atoms with van der Waals surface area (Å²) in [6.45, 7) is 4.72. The molecule has 2 bridgehead atoms. The van der Waals surface area contributed by atoms with Gasteiger partial charge in [-0.3, -0.25) is 4.79 Å². The highest BCUT2D eigenvalue weighted by Gasteiger charge is 2.59. The predicted octanol–water partition coefficient (Wildman–Crippen LogP) is 3.16. The number of hydrogen-bond acceptors (Lipinski definition) is 5. The number of esters is 1. The molecule has 1 fully saturated rings. The van der Waals surface area contributed by atoms with E-state index in [9.17, 15) is 4.79 Å². The van der Waals surface area contributed by atoms with Crippen LogP contribution < -0.4 is 10.1 Å². The zero-order chi connectivity index (χ0) is 19.1. The molecule has 3 rings (SSSR count). The lowest BCUT2D eigenvalue weighted by Crippen LogP contribution is -2.71. The van der Waals surface area contributed by atoms with Crippen LogP contribution in [0.3, 0.4) is 0 Å². The summed E-state index contributed by atoms with van der Waals surface area (Å²) in [5, 5.41) is 4.54. The highest BCUT2D eigenvalue weighted by Crippen LogP contribution is 2.51. The second-order valence-corrected chi connectivity index (χ2v) is 7.49. The quantitative estimate of drug-likeness (QED) is 0.581. The number of carbonyl (C=O) groups excluding carboxylic acids is 1. The molecule has 0 radical (unpaired) electrons. The Kier molecular flexibility index (Phi) is 5.53. The van der Waals surface area contributed by atoms with Crippen molar-refractivity contribution < 1.29 is 19.0 Å². The lowest BCUT2D eigenvalue weighted by atomic mass is 9.79. The summed E-state index contributed by atoms with van der Waals surface area (Å²) < 4.78 is 16.8. The second kappa shape index (κ2) is 7.38. The molecule has 2 aliphatic rings. The second-order valence-electron chi connectivity index (χ2n) is 6.26. The maximum absolute atomic E-state index is 12.8. The number of hydrogen-bond donors (Lipinski definition) is 1. The standard InChI is InChI=1S/C17H20Cl2N2O4S/c1-4-24-15(22)12-13-10-7-9(18)8-11(19)14(10)25-17(12,2)21(5-6-23-3)16(26)20-13/h7-8,12-13H,4-6H2,1-3H3,(H,20,26)/t12-,13+,17+/m1/s1. The monoisotopic (exact) mass is 418 g/mol.